The van der Waals surface area contributed by atoms with Gasteiger partial charge in [-0.2, -0.15) is 0 Å². The summed E-state index contributed by atoms with van der Waals surface area (Å²) in [6.07, 6.45) is 3.18. The second kappa shape index (κ2) is 3.83. The van der Waals surface area contributed by atoms with Crippen LogP contribution in [0.2, 0.25) is 0 Å². The Bertz CT molecular complexity index is 381. The maximum Gasteiger partial charge on any atom is 0.130 e. The minimum Gasteiger partial charge on any atom is -0.489 e. The van der Waals surface area contributed by atoms with Crippen LogP contribution in [0.25, 0.3) is 0 Å². The van der Waals surface area contributed by atoms with Crippen LogP contribution in [-0.2, 0) is 6.61 Å². The smallest absolute Gasteiger partial charge is 0.130 e. The lowest BCUT2D eigenvalue weighted by Crippen LogP contribution is -1.93. The molecule has 2 aromatic rings. The first-order valence-electron chi connectivity index (χ1n) is 4.21. The van der Waals surface area contributed by atoms with Gasteiger partial charge in [0.05, 0.1) is 6.20 Å². The first kappa shape index (κ1) is 8.62. The second-order valence-corrected chi connectivity index (χ2v) is 2.89. The fourth-order valence-corrected chi connectivity index (χ4v) is 1.03. The van der Waals surface area contributed by atoms with Crippen LogP contribution in [0.15, 0.2) is 41.2 Å². The van der Waals surface area contributed by atoms with E-state index in [9.17, 15) is 0 Å². The summed E-state index contributed by atoms with van der Waals surface area (Å²) in [6.45, 7) is 0.452. The van der Waals surface area contributed by atoms with Gasteiger partial charge in [-0.1, -0.05) is 5.16 Å². The molecule has 2 N–H and O–H groups in total. The molecule has 0 aliphatic carbocycles. The van der Waals surface area contributed by atoms with Gasteiger partial charge in [-0.05, 0) is 24.3 Å². The van der Waals surface area contributed by atoms with Gasteiger partial charge in [-0.25, -0.2) is 0 Å². The Balaban J connectivity index is 1.95. The molecule has 0 aliphatic heterocycles. The number of ether oxygens (including phenoxy) is 1. The molecule has 4 nitrogen and oxygen atoms in total. The van der Waals surface area contributed by atoms with Gasteiger partial charge in [-0.15, -0.1) is 0 Å². The van der Waals surface area contributed by atoms with Crippen LogP contribution in [0.1, 0.15) is 5.56 Å². The third kappa shape index (κ3) is 2.04. The van der Waals surface area contributed by atoms with Crippen LogP contribution in [0, 0.1) is 0 Å². The minimum atomic E-state index is 0.452. The molecule has 1 aromatic heterocycles. The van der Waals surface area contributed by atoms with Gasteiger partial charge in [0.25, 0.3) is 0 Å². The lowest BCUT2D eigenvalue weighted by molar-refractivity contribution is 0.304. The van der Waals surface area contributed by atoms with Gasteiger partial charge in [0.1, 0.15) is 18.6 Å². The highest BCUT2D eigenvalue weighted by molar-refractivity contribution is 5.41. The molecular weight excluding hydrogens is 180 g/mol. The summed E-state index contributed by atoms with van der Waals surface area (Å²) in [4.78, 5) is 0. The molecule has 4 heteroatoms. The van der Waals surface area contributed by atoms with Crippen molar-refractivity contribution in [2.45, 2.75) is 6.61 Å². The standard InChI is InChI=1S/C10H10N2O2/c11-9-1-3-10(4-2-9)13-6-8-5-12-14-7-8/h1-5,7H,6,11H2. The number of nitrogen functional groups attached to an aromatic ring is 1. The highest BCUT2D eigenvalue weighted by Gasteiger charge is 1.97. The van der Waals surface area contributed by atoms with E-state index in [1.54, 1.807) is 24.6 Å². The van der Waals surface area contributed by atoms with Gasteiger partial charge in [0.2, 0.25) is 0 Å². The SMILES string of the molecule is Nc1ccc(OCc2cnoc2)cc1. The molecule has 2 rings (SSSR count). The molecule has 72 valence electrons. The van der Waals surface area contributed by atoms with Crippen molar-refractivity contribution in [3.63, 3.8) is 0 Å². The predicted molar refractivity (Wildman–Crippen MR) is 51.7 cm³/mol. The van der Waals surface area contributed by atoms with Crippen molar-refractivity contribution in [1.29, 1.82) is 0 Å². The van der Waals surface area contributed by atoms with Crippen molar-refractivity contribution < 1.29 is 9.26 Å². The van der Waals surface area contributed by atoms with Crippen molar-refractivity contribution in [3.05, 3.63) is 42.3 Å². The molecule has 0 spiro atoms. The number of hydrogen-bond acceptors (Lipinski definition) is 4. The van der Waals surface area contributed by atoms with Crippen LogP contribution in [0.4, 0.5) is 5.69 Å². The van der Waals surface area contributed by atoms with E-state index in [0.717, 1.165) is 17.0 Å². The molecule has 0 saturated carbocycles. The van der Waals surface area contributed by atoms with Crippen molar-refractivity contribution in [2.75, 3.05) is 5.73 Å². The van der Waals surface area contributed by atoms with Crippen LogP contribution in [0.3, 0.4) is 0 Å². The number of rotatable bonds is 3. The Morgan fingerprint density at radius 2 is 2.07 bits per heavy atom. The second-order valence-electron chi connectivity index (χ2n) is 2.89. The molecule has 0 aliphatic rings. The molecule has 0 atom stereocenters. The highest BCUT2D eigenvalue weighted by Crippen LogP contribution is 2.14. The molecule has 0 bridgehead atoms. The first-order valence-corrected chi connectivity index (χ1v) is 4.21. The van der Waals surface area contributed by atoms with Gasteiger partial charge in [0.15, 0.2) is 0 Å². The molecule has 1 aromatic carbocycles. The zero-order chi connectivity index (χ0) is 9.80. The molecule has 0 radical (unpaired) electrons. The summed E-state index contributed by atoms with van der Waals surface area (Å²) in [6, 6.07) is 7.23. The number of benzene rings is 1. The maximum atomic E-state index is 5.54. The number of hydrogen-bond donors (Lipinski definition) is 1. The molecule has 14 heavy (non-hydrogen) atoms. The van der Waals surface area contributed by atoms with Crippen LogP contribution in [-0.4, -0.2) is 5.16 Å². The summed E-state index contributed by atoms with van der Waals surface area (Å²) in [5.41, 5.74) is 7.17. The van der Waals surface area contributed by atoms with E-state index in [1.165, 1.54) is 0 Å². The zero-order valence-corrected chi connectivity index (χ0v) is 7.51. The molecule has 0 fully saturated rings. The van der Waals surface area contributed by atoms with E-state index in [-0.39, 0.29) is 0 Å². The molecular formula is C10H10N2O2. The zero-order valence-electron chi connectivity index (χ0n) is 7.51. The van der Waals surface area contributed by atoms with Crippen LogP contribution in [0.5, 0.6) is 5.75 Å². The summed E-state index contributed by atoms with van der Waals surface area (Å²) >= 11 is 0. The maximum absolute atomic E-state index is 5.54. The van der Waals surface area contributed by atoms with Gasteiger partial charge in [0, 0.05) is 11.3 Å². The number of nitrogens with two attached hydrogens (primary N) is 1. The predicted octanol–water partition coefficient (Wildman–Crippen LogP) is 1.84. The lowest BCUT2D eigenvalue weighted by atomic mass is 10.3. The summed E-state index contributed by atoms with van der Waals surface area (Å²) < 4.78 is 10.1. The van der Waals surface area contributed by atoms with Crippen molar-refractivity contribution >= 4 is 5.69 Å². The summed E-state index contributed by atoms with van der Waals surface area (Å²) in [5.74, 6) is 0.778. The van der Waals surface area contributed by atoms with E-state index in [4.69, 9.17) is 10.5 Å². The Morgan fingerprint density at radius 3 is 2.71 bits per heavy atom. The normalized spacial score (nSPS) is 10.0. The number of aromatic nitrogens is 1. The van der Waals surface area contributed by atoms with Crippen molar-refractivity contribution in [3.8, 4) is 5.75 Å². The van der Waals surface area contributed by atoms with E-state index in [0.29, 0.717) is 6.61 Å². The summed E-state index contributed by atoms with van der Waals surface area (Å²) in [7, 11) is 0. The van der Waals surface area contributed by atoms with Gasteiger partial charge < -0.3 is 15.0 Å². The van der Waals surface area contributed by atoms with E-state index < -0.39 is 0 Å². The van der Waals surface area contributed by atoms with E-state index >= 15 is 0 Å². The third-order valence-electron chi connectivity index (χ3n) is 1.77. The van der Waals surface area contributed by atoms with Gasteiger partial charge >= 0.3 is 0 Å². The number of anilines is 1. The largest absolute Gasteiger partial charge is 0.489 e. The summed E-state index contributed by atoms with van der Waals surface area (Å²) in [5, 5.41) is 3.57. The van der Waals surface area contributed by atoms with Crippen molar-refractivity contribution in [1.82, 2.24) is 5.16 Å². The van der Waals surface area contributed by atoms with Crippen molar-refractivity contribution in [2.24, 2.45) is 0 Å². The quantitative estimate of drug-likeness (QED) is 0.750. The monoisotopic (exact) mass is 190 g/mol. The Kier molecular flexibility index (Phi) is 2.36. The van der Waals surface area contributed by atoms with Crippen LogP contribution < -0.4 is 10.5 Å². The Labute approximate surface area is 81.3 Å². The molecule has 0 unspecified atom stereocenters. The highest BCUT2D eigenvalue weighted by atomic mass is 16.5. The Hall–Kier alpha value is -1.97. The fourth-order valence-electron chi connectivity index (χ4n) is 1.03. The minimum absolute atomic E-state index is 0.452. The topological polar surface area (TPSA) is 61.3 Å². The van der Waals surface area contributed by atoms with Crippen LogP contribution >= 0.6 is 0 Å². The third-order valence-corrected chi connectivity index (χ3v) is 1.77. The fraction of sp³-hybridized carbons (Fsp3) is 0.100. The average Bonchev–Trinajstić information content (AvgIpc) is 2.70. The van der Waals surface area contributed by atoms with E-state index in [2.05, 4.69) is 9.68 Å². The number of nitrogens with zero attached hydrogens (tertiary/aromatic N) is 1. The molecule has 0 saturated heterocycles. The molecule has 1 heterocycles. The molecule has 0 amide bonds. The van der Waals surface area contributed by atoms with E-state index in [1.807, 2.05) is 12.1 Å². The Morgan fingerprint density at radius 1 is 1.29 bits per heavy atom. The average molecular weight is 190 g/mol. The van der Waals surface area contributed by atoms with Gasteiger partial charge in [-0.3, -0.25) is 0 Å². The first-order chi connectivity index (χ1) is 6.84. The lowest BCUT2D eigenvalue weighted by Gasteiger charge is -2.03.